The Morgan fingerprint density at radius 3 is 2.88 bits per heavy atom. The lowest BCUT2D eigenvalue weighted by molar-refractivity contribution is 0.0913. The normalized spacial score (nSPS) is 20.0. The Kier molecular flexibility index (Phi) is 4.44. The summed E-state index contributed by atoms with van der Waals surface area (Å²) in [4.78, 5) is 35.8. The number of carbonyl (C=O) groups excluding carboxylic acids is 2. The number of Topliss-reactive ketones (excluding diaryl/α,β-unsaturated/α-hetero) is 1. The summed E-state index contributed by atoms with van der Waals surface area (Å²) in [5.41, 5.74) is 0.906. The molecule has 1 aliphatic carbocycles. The van der Waals surface area contributed by atoms with Gasteiger partial charge >= 0.3 is 0 Å². The predicted molar refractivity (Wildman–Crippen MR) is 95.4 cm³/mol. The Bertz CT molecular complexity index is 831. The van der Waals surface area contributed by atoms with Gasteiger partial charge in [0.15, 0.2) is 5.78 Å². The lowest BCUT2D eigenvalue weighted by atomic mass is 9.93. The topological polar surface area (TPSA) is 88.3 Å². The molecule has 2 aromatic rings. The quantitative estimate of drug-likeness (QED) is 0.910. The first kappa shape index (κ1) is 16.8. The average Bonchev–Trinajstić information content (AvgIpc) is 3.00. The summed E-state index contributed by atoms with van der Waals surface area (Å²) in [6.07, 6.45) is 7.27. The summed E-state index contributed by atoms with van der Waals surface area (Å²) < 4.78 is 5.70. The van der Waals surface area contributed by atoms with Crippen molar-refractivity contribution in [2.45, 2.75) is 45.1 Å². The molecule has 0 saturated carbocycles. The largest absolute Gasteiger partial charge is 0.465 e. The first-order chi connectivity index (χ1) is 12.6. The van der Waals surface area contributed by atoms with Crippen molar-refractivity contribution in [1.82, 2.24) is 15.3 Å². The highest BCUT2D eigenvalue weighted by Crippen LogP contribution is 2.29. The van der Waals surface area contributed by atoms with Gasteiger partial charge in [0, 0.05) is 44.4 Å². The van der Waals surface area contributed by atoms with Crippen LogP contribution in [0, 0.1) is 6.92 Å². The van der Waals surface area contributed by atoms with Crippen molar-refractivity contribution in [1.29, 1.82) is 0 Å². The fraction of sp³-hybridized carbons (Fsp3) is 0.474. The Balaban J connectivity index is 1.50. The van der Waals surface area contributed by atoms with Gasteiger partial charge in [0.05, 0.1) is 11.1 Å². The summed E-state index contributed by atoms with van der Waals surface area (Å²) in [7, 11) is 0. The highest BCUT2D eigenvalue weighted by molar-refractivity contribution is 6.10. The van der Waals surface area contributed by atoms with E-state index in [1.807, 2.05) is 0 Å². The Morgan fingerprint density at radius 2 is 2.08 bits per heavy atom. The number of rotatable bonds is 3. The third-order valence-electron chi connectivity index (χ3n) is 5.06. The van der Waals surface area contributed by atoms with Gasteiger partial charge in [-0.2, -0.15) is 0 Å². The first-order valence-corrected chi connectivity index (χ1v) is 9.12. The minimum Gasteiger partial charge on any atom is -0.465 e. The second kappa shape index (κ2) is 6.90. The van der Waals surface area contributed by atoms with E-state index >= 15 is 0 Å². The van der Waals surface area contributed by atoms with Crippen LogP contribution in [0.25, 0.3) is 0 Å². The van der Waals surface area contributed by atoms with Crippen LogP contribution in [0.4, 0.5) is 5.95 Å². The lowest BCUT2D eigenvalue weighted by Gasteiger charge is -2.33. The maximum atomic E-state index is 12.9. The minimum atomic E-state index is -0.219. The monoisotopic (exact) mass is 354 g/mol. The maximum Gasteiger partial charge on any atom is 0.255 e. The lowest BCUT2D eigenvalue weighted by Crippen LogP contribution is -2.48. The van der Waals surface area contributed by atoms with E-state index in [1.54, 1.807) is 25.4 Å². The zero-order valence-corrected chi connectivity index (χ0v) is 14.8. The average molecular weight is 354 g/mol. The van der Waals surface area contributed by atoms with Gasteiger partial charge < -0.3 is 14.6 Å². The highest BCUT2D eigenvalue weighted by Gasteiger charge is 2.32. The molecule has 0 bridgehead atoms. The minimum absolute atomic E-state index is 0.0104. The number of hydrogen-bond acceptors (Lipinski definition) is 6. The second-order valence-electron chi connectivity index (χ2n) is 6.92. The molecule has 7 nitrogen and oxygen atoms in total. The van der Waals surface area contributed by atoms with E-state index in [9.17, 15) is 9.59 Å². The highest BCUT2D eigenvalue weighted by atomic mass is 16.3. The van der Waals surface area contributed by atoms with Gasteiger partial charge in [-0.25, -0.2) is 9.97 Å². The number of furan rings is 1. The third-order valence-corrected chi connectivity index (χ3v) is 5.06. The van der Waals surface area contributed by atoms with Gasteiger partial charge in [0.1, 0.15) is 11.5 Å². The van der Waals surface area contributed by atoms with Crippen LogP contribution in [0.5, 0.6) is 0 Å². The van der Waals surface area contributed by atoms with Crippen molar-refractivity contribution in [2.24, 2.45) is 0 Å². The standard InChI is InChI=1S/C19H22N4O3/c1-12-16(17-14(24)6-2-7-15(17)26-12)18(25)22-13-5-3-10-23(11-13)19-20-8-4-9-21-19/h4,8-9,13H,2-3,5-7,10-11H2,1H3,(H,22,25)/t13-/m1/s1. The van der Waals surface area contributed by atoms with E-state index in [2.05, 4.69) is 20.2 Å². The molecule has 1 aliphatic heterocycles. The molecule has 2 aromatic heterocycles. The van der Waals surface area contributed by atoms with Crippen molar-refractivity contribution < 1.29 is 14.0 Å². The Hall–Kier alpha value is -2.70. The molecule has 1 fully saturated rings. The molecular formula is C19H22N4O3. The molecule has 3 heterocycles. The number of aromatic nitrogens is 2. The molecule has 0 aromatic carbocycles. The molecule has 0 spiro atoms. The SMILES string of the molecule is Cc1oc2c(c1C(=O)N[C@@H]1CCCN(c3ncccn3)C1)C(=O)CCC2. The van der Waals surface area contributed by atoms with Crippen LogP contribution in [0.15, 0.2) is 22.9 Å². The van der Waals surface area contributed by atoms with E-state index in [0.29, 0.717) is 41.6 Å². The molecule has 2 aliphatic rings. The Morgan fingerprint density at radius 1 is 1.27 bits per heavy atom. The van der Waals surface area contributed by atoms with Crippen molar-refractivity contribution in [3.63, 3.8) is 0 Å². The first-order valence-electron chi connectivity index (χ1n) is 9.12. The molecule has 0 radical (unpaired) electrons. The van der Waals surface area contributed by atoms with Crippen LogP contribution in [0.2, 0.25) is 0 Å². The smallest absolute Gasteiger partial charge is 0.255 e. The molecule has 1 atom stereocenters. The number of carbonyl (C=O) groups is 2. The van der Waals surface area contributed by atoms with E-state index < -0.39 is 0 Å². The summed E-state index contributed by atoms with van der Waals surface area (Å²) in [6.45, 7) is 3.28. The molecule has 26 heavy (non-hydrogen) atoms. The van der Waals surface area contributed by atoms with Crippen LogP contribution in [-0.4, -0.2) is 40.8 Å². The summed E-state index contributed by atoms with van der Waals surface area (Å²) in [5, 5.41) is 3.08. The van der Waals surface area contributed by atoms with Gasteiger partial charge in [-0.05, 0) is 32.3 Å². The number of hydrogen-bond donors (Lipinski definition) is 1. The number of nitrogens with zero attached hydrogens (tertiary/aromatic N) is 3. The van der Waals surface area contributed by atoms with Crippen LogP contribution in [0.3, 0.4) is 0 Å². The third kappa shape index (κ3) is 3.09. The van der Waals surface area contributed by atoms with Gasteiger partial charge in [-0.3, -0.25) is 9.59 Å². The molecule has 1 amide bonds. The summed E-state index contributed by atoms with van der Waals surface area (Å²) in [6, 6.07) is 1.78. The number of anilines is 1. The number of aryl methyl sites for hydroxylation is 2. The number of piperidine rings is 1. The van der Waals surface area contributed by atoms with Crippen LogP contribution in [-0.2, 0) is 6.42 Å². The fourth-order valence-corrected chi connectivity index (χ4v) is 3.87. The zero-order valence-electron chi connectivity index (χ0n) is 14.8. The molecule has 1 saturated heterocycles. The number of ketones is 1. The number of nitrogens with one attached hydrogen (secondary N) is 1. The van der Waals surface area contributed by atoms with Gasteiger partial charge in [0.25, 0.3) is 5.91 Å². The maximum absolute atomic E-state index is 12.9. The van der Waals surface area contributed by atoms with Gasteiger partial charge in [-0.15, -0.1) is 0 Å². The molecule has 0 unspecified atom stereocenters. The van der Waals surface area contributed by atoms with E-state index in [4.69, 9.17) is 4.42 Å². The molecule has 7 heteroatoms. The summed E-state index contributed by atoms with van der Waals surface area (Å²) >= 11 is 0. The van der Waals surface area contributed by atoms with Crippen LogP contribution in [0.1, 0.15) is 57.9 Å². The predicted octanol–water partition coefficient (Wildman–Crippen LogP) is 2.30. The molecular weight excluding hydrogens is 332 g/mol. The fourth-order valence-electron chi connectivity index (χ4n) is 3.87. The summed E-state index contributed by atoms with van der Waals surface area (Å²) in [5.74, 6) is 1.66. The number of amides is 1. The van der Waals surface area contributed by atoms with Crippen molar-refractivity contribution in [3.05, 3.63) is 41.1 Å². The van der Waals surface area contributed by atoms with Crippen molar-refractivity contribution in [2.75, 3.05) is 18.0 Å². The second-order valence-corrected chi connectivity index (χ2v) is 6.92. The van der Waals surface area contributed by atoms with Gasteiger partial charge in [0.2, 0.25) is 5.95 Å². The van der Waals surface area contributed by atoms with Crippen molar-refractivity contribution >= 4 is 17.6 Å². The molecule has 1 N–H and O–H groups in total. The van der Waals surface area contributed by atoms with Crippen molar-refractivity contribution in [3.8, 4) is 0 Å². The number of fused-ring (bicyclic) bond motifs is 1. The molecule has 4 rings (SSSR count). The van der Waals surface area contributed by atoms with E-state index in [1.165, 1.54) is 0 Å². The zero-order chi connectivity index (χ0) is 18.1. The van der Waals surface area contributed by atoms with E-state index in [-0.39, 0.29) is 17.7 Å². The Labute approximate surface area is 151 Å². The van der Waals surface area contributed by atoms with Crippen LogP contribution >= 0.6 is 0 Å². The van der Waals surface area contributed by atoms with E-state index in [0.717, 1.165) is 32.2 Å². The molecule has 136 valence electrons. The van der Waals surface area contributed by atoms with Gasteiger partial charge in [-0.1, -0.05) is 0 Å². The van der Waals surface area contributed by atoms with Crippen LogP contribution < -0.4 is 10.2 Å².